The first-order valence-electron chi connectivity index (χ1n) is 5.00. The minimum absolute atomic E-state index is 0.886. The number of hydrogen-bond acceptors (Lipinski definition) is 3. The summed E-state index contributed by atoms with van der Waals surface area (Å²) in [6, 6.07) is 3.94. The van der Waals surface area contributed by atoms with Gasteiger partial charge >= 0.3 is 0 Å². The van der Waals surface area contributed by atoms with Crippen molar-refractivity contribution in [2.45, 2.75) is 20.4 Å². The molecule has 0 bridgehead atoms. The van der Waals surface area contributed by atoms with E-state index in [9.17, 15) is 0 Å². The molecule has 0 fully saturated rings. The van der Waals surface area contributed by atoms with Crippen LogP contribution in [-0.4, -0.2) is 14.8 Å². The normalized spacial score (nSPS) is 10.3. The summed E-state index contributed by atoms with van der Waals surface area (Å²) in [4.78, 5) is 4.14. The van der Waals surface area contributed by atoms with Crippen LogP contribution in [0.5, 0.6) is 0 Å². The third-order valence-electron chi connectivity index (χ3n) is 2.14. The Kier molecular flexibility index (Phi) is 2.67. The number of aryl methyl sites for hydroxylation is 2. The van der Waals surface area contributed by atoms with Gasteiger partial charge < -0.3 is 5.32 Å². The van der Waals surface area contributed by atoms with Gasteiger partial charge in [-0.05, 0) is 26.0 Å². The predicted molar refractivity (Wildman–Crippen MR) is 60.2 cm³/mol. The first-order valence-corrected chi connectivity index (χ1v) is 5.00. The van der Waals surface area contributed by atoms with E-state index in [2.05, 4.69) is 22.3 Å². The Hall–Kier alpha value is -1.84. The van der Waals surface area contributed by atoms with Gasteiger partial charge in [0.1, 0.15) is 0 Å². The summed E-state index contributed by atoms with van der Waals surface area (Å²) in [7, 11) is 0. The van der Waals surface area contributed by atoms with Crippen molar-refractivity contribution < 1.29 is 0 Å². The molecule has 0 amide bonds. The van der Waals surface area contributed by atoms with E-state index >= 15 is 0 Å². The van der Waals surface area contributed by atoms with Crippen LogP contribution in [0.3, 0.4) is 0 Å². The molecule has 0 atom stereocenters. The van der Waals surface area contributed by atoms with Crippen molar-refractivity contribution >= 4 is 11.4 Å². The monoisotopic (exact) mass is 202 g/mol. The van der Waals surface area contributed by atoms with E-state index in [1.165, 1.54) is 0 Å². The van der Waals surface area contributed by atoms with Crippen LogP contribution in [0.4, 0.5) is 11.4 Å². The van der Waals surface area contributed by atoms with E-state index in [1.54, 1.807) is 6.20 Å². The van der Waals surface area contributed by atoms with Gasteiger partial charge in [0.05, 0.1) is 11.9 Å². The van der Waals surface area contributed by atoms with Gasteiger partial charge in [0.15, 0.2) is 0 Å². The lowest BCUT2D eigenvalue weighted by atomic mass is 10.3. The summed E-state index contributed by atoms with van der Waals surface area (Å²) >= 11 is 0. The Morgan fingerprint density at radius 1 is 1.40 bits per heavy atom. The smallest absolute Gasteiger partial charge is 0.0770 e. The standard InChI is InChI=1S/C11H14N4/c1-3-15-8-11(7-13-15)14-10-4-5-12-9(2)6-10/h4-8H,3H2,1-2H3,(H,12,14). The van der Waals surface area contributed by atoms with E-state index in [0.717, 1.165) is 23.6 Å². The molecule has 4 nitrogen and oxygen atoms in total. The van der Waals surface area contributed by atoms with Crippen LogP contribution < -0.4 is 5.32 Å². The molecular weight excluding hydrogens is 188 g/mol. The van der Waals surface area contributed by atoms with E-state index in [0.29, 0.717) is 0 Å². The van der Waals surface area contributed by atoms with Crippen molar-refractivity contribution in [2.75, 3.05) is 5.32 Å². The fourth-order valence-electron chi connectivity index (χ4n) is 1.39. The molecule has 0 spiro atoms. The lowest BCUT2D eigenvalue weighted by molar-refractivity contribution is 0.660. The van der Waals surface area contributed by atoms with Gasteiger partial charge in [-0.1, -0.05) is 0 Å². The van der Waals surface area contributed by atoms with Crippen LogP contribution in [0.2, 0.25) is 0 Å². The number of anilines is 2. The Bertz CT molecular complexity index is 447. The van der Waals surface area contributed by atoms with Crippen LogP contribution in [0.25, 0.3) is 0 Å². The number of aromatic nitrogens is 3. The average Bonchev–Trinajstić information content (AvgIpc) is 2.65. The molecule has 0 saturated heterocycles. The van der Waals surface area contributed by atoms with Crippen LogP contribution >= 0.6 is 0 Å². The summed E-state index contributed by atoms with van der Waals surface area (Å²) in [5.41, 5.74) is 3.04. The minimum atomic E-state index is 0.886. The second-order valence-electron chi connectivity index (χ2n) is 3.40. The maximum absolute atomic E-state index is 4.19. The van der Waals surface area contributed by atoms with E-state index in [1.807, 2.05) is 36.1 Å². The van der Waals surface area contributed by atoms with Crippen LogP contribution in [-0.2, 0) is 6.54 Å². The second kappa shape index (κ2) is 4.13. The van der Waals surface area contributed by atoms with Crippen molar-refractivity contribution in [2.24, 2.45) is 0 Å². The molecule has 2 aromatic rings. The van der Waals surface area contributed by atoms with Gasteiger partial charge in [-0.3, -0.25) is 9.67 Å². The molecule has 0 aliphatic heterocycles. The van der Waals surface area contributed by atoms with Crippen molar-refractivity contribution in [1.29, 1.82) is 0 Å². The SMILES string of the molecule is CCn1cc(Nc2ccnc(C)c2)cn1. The van der Waals surface area contributed by atoms with Crippen molar-refractivity contribution in [3.05, 3.63) is 36.4 Å². The van der Waals surface area contributed by atoms with Gasteiger partial charge in [-0.15, -0.1) is 0 Å². The molecular formula is C11H14N4. The van der Waals surface area contributed by atoms with Gasteiger partial charge in [0, 0.05) is 30.3 Å². The van der Waals surface area contributed by atoms with Gasteiger partial charge in [-0.25, -0.2) is 0 Å². The van der Waals surface area contributed by atoms with Crippen LogP contribution in [0.1, 0.15) is 12.6 Å². The third-order valence-corrected chi connectivity index (χ3v) is 2.14. The maximum Gasteiger partial charge on any atom is 0.0770 e. The van der Waals surface area contributed by atoms with E-state index < -0.39 is 0 Å². The maximum atomic E-state index is 4.19. The lowest BCUT2D eigenvalue weighted by Crippen LogP contribution is -1.93. The first-order chi connectivity index (χ1) is 7.28. The summed E-state index contributed by atoms with van der Waals surface area (Å²) in [6.45, 7) is 4.92. The quantitative estimate of drug-likeness (QED) is 0.830. The Morgan fingerprint density at radius 2 is 2.27 bits per heavy atom. The van der Waals surface area contributed by atoms with Crippen molar-refractivity contribution in [3.8, 4) is 0 Å². The molecule has 0 aromatic carbocycles. The van der Waals surface area contributed by atoms with Crippen LogP contribution in [0.15, 0.2) is 30.7 Å². The highest BCUT2D eigenvalue weighted by atomic mass is 15.3. The first kappa shape index (κ1) is 9.71. The molecule has 2 rings (SSSR count). The summed E-state index contributed by atoms with van der Waals surface area (Å²) in [5, 5.41) is 7.47. The number of rotatable bonds is 3. The molecule has 2 aromatic heterocycles. The molecule has 2 heterocycles. The van der Waals surface area contributed by atoms with Crippen molar-refractivity contribution in [1.82, 2.24) is 14.8 Å². The predicted octanol–water partition coefficient (Wildman–Crippen LogP) is 2.35. The van der Waals surface area contributed by atoms with Crippen molar-refractivity contribution in [3.63, 3.8) is 0 Å². The Morgan fingerprint density at radius 3 is 2.93 bits per heavy atom. The lowest BCUT2D eigenvalue weighted by Gasteiger charge is -2.03. The zero-order valence-electron chi connectivity index (χ0n) is 8.94. The molecule has 15 heavy (non-hydrogen) atoms. The third kappa shape index (κ3) is 2.34. The number of pyridine rings is 1. The highest BCUT2D eigenvalue weighted by molar-refractivity contribution is 5.57. The zero-order chi connectivity index (χ0) is 10.7. The van der Waals surface area contributed by atoms with Gasteiger partial charge in [-0.2, -0.15) is 5.10 Å². The van der Waals surface area contributed by atoms with E-state index in [-0.39, 0.29) is 0 Å². The zero-order valence-corrected chi connectivity index (χ0v) is 8.94. The second-order valence-corrected chi connectivity index (χ2v) is 3.40. The minimum Gasteiger partial charge on any atom is -0.353 e. The fraction of sp³-hybridized carbons (Fsp3) is 0.273. The molecule has 0 aliphatic carbocycles. The molecule has 0 aliphatic rings. The summed E-state index contributed by atoms with van der Waals surface area (Å²) in [5.74, 6) is 0. The molecule has 78 valence electrons. The topological polar surface area (TPSA) is 42.7 Å². The number of nitrogens with one attached hydrogen (secondary N) is 1. The van der Waals surface area contributed by atoms with E-state index in [4.69, 9.17) is 0 Å². The number of nitrogens with zero attached hydrogens (tertiary/aromatic N) is 3. The summed E-state index contributed by atoms with van der Waals surface area (Å²) < 4.78 is 1.89. The van der Waals surface area contributed by atoms with Gasteiger partial charge in [0.2, 0.25) is 0 Å². The van der Waals surface area contributed by atoms with Crippen LogP contribution in [0, 0.1) is 6.92 Å². The molecule has 0 unspecified atom stereocenters. The van der Waals surface area contributed by atoms with Gasteiger partial charge in [0.25, 0.3) is 0 Å². The summed E-state index contributed by atoms with van der Waals surface area (Å²) in [6.07, 6.45) is 5.59. The molecule has 4 heteroatoms. The Labute approximate surface area is 89.0 Å². The molecule has 0 radical (unpaired) electrons. The molecule has 1 N–H and O–H groups in total. The highest BCUT2D eigenvalue weighted by Crippen LogP contribution is 2.15. The number of hydrogen-bond donors (Lipinski definition) is 1. The highest BCUT2D eigenvalue weighted by Gasteiger charge is 1.98. The molecule has 0 saturated carbocycles. The fourth-order valence-corrected chi connectivity index (χ4v) is 1.39. The Balaban J connectivity index is 2.14. The largest absolute Gasteiger partial charge is 0.353 e. The average molecular weight is 202 g/mol.